The van der Waals surface area contributed by atoms with Crippen molar-refractivity contribution in [3.8, 4) is 5.75 Å². The van der Waals surface area contributed by atoms with E-state index in [0.29, 0.717) is 37.3 Å². The van der Waals surface area contributed by atoms with E-state index in [1.54, 1.807) is 6.33 Å². The number of aliphatic hydroxyl groups excluding tert-OH is 1. The highest BCUT2D eigenvalue weighted by molar-refractivity contribution is 5.91. The van der Waals surface area contributed by atoms with Crippen LogP contribution in [0, 0.1) is 6.92 Å². The van der Waals surface area contributed by atoms with Gasteiger partial charge in [0.15, 0.2) is 11.9 Å². The number of alkyl halides is 3. The van der Waals surface area contributed by atoms with Crippen LogP contribution in [0.4, 0.5) is 24.7 Å². The summed E-state index contributed by atoms with van der Waals surface area (Å²) in [5, 5.41) is 22.4. The molecule has 0 spiro atoms. The van der Waals surface area contributed by atoms with Gasteiger partial charge in [-0.3, -0.25) is 5.10 Å². The maximum absolute atomic E-state index is 12.5. The number of aryl methyl sites for hydroxylation is 2. The first kappa shape index (κ1) is 22.4. The Hall–Kier alpha value is -2.79. The third-order valence-electron chi connectivity index (χ3n) is 5.73. The number of ether oxygens (including phenoxy) is 1. The summed E-state index contributed by atoms with van der Waals surface area (Å²) in [4.78, 5) is 4.47. The molecule has 1 aliphatic carbocycles. The van der Waals surface area contributed by atoms with Gasteiger partial charge in [-0.1, -0.05) is 0 Å². The van der Waals surface area contributed by atoms with Gasteiger partial charge < -0.3 is 25.0 Å². The van der Waals surface area contributed by atoms with E-state index < -0.39 is 18.8 Å². The van der Waals surface area contributed by atoms with E-state index in [4.69, 9.17) is 9.84 Å². The number of H-pyrrole nitrogens is 1. The highest BCUT2D eigenvalue weighted by atomic mass is 19.4. The first-order valence-corrected chi connectivity index (χ1v) is 10.6. The first-order chi connectivity index (χ1) is 15.2. The topological polar surface area (TPSA) is 100 Å². The van der Waals surface area contributed by atoms with Gasteiger partial charge in [0.1, 0.15) is 11.3 Å². The van der Waals surface area contributed by atoms with Crippen molar-refractivity contribution in [2.75, 3.05) is 11.9 Å². The van der Waals surface area contributed by atoms with Gasteiger partial charge in [-0.15, -0.1) is 0 Å². The molecule has 2 heterocycles. The Morgan fingerprint density at radius 2 is 2.00 bits per heavy atom. The van der Waals surface area contributed by atoms with Crippen molar-refractivity contribution in [2.45, 2.75) is 57.0 Å². The molecule has 2 aromatic heterocycles. The molecule has 11 heteroatoms. The number of aromatic amines is 1. The zero-order valence-corrected chi connectivity index (χ0v) is 17.9. The molecule has 4 rings (SSSR count). The lowest BCUT2D eigenvalue weighted by atomic mass is 9.93. The third kappa shape index (κ3) is 5.16. The molecule has 0 bridgehead atoms. The molecular formula is C21H27F3N6O2. The van der Waals surface area contributed by atoms with Crippen LogP contribution in [-0.4, -0.2) is 55.8 Å². The van der Waals surface area contributed by atoms with E-state index in [2.05, 4.69) is 25.8 Å². The molecule has 0 aliphatic heterocycles. The second kappa shape index (κ2) is 8.99. The summed E-state index contributed by atoms with van der Waals surface area (Å²) >= 11 is 0. The molecule has 0 saturated heterocycles. The van der Waals surface area contributed by atoms with Crippen LogP contribution >= 0.6 is 0 Å². The monoisotopic (exact) mass is 452 g/mol. The molecule has 3 aromatic rings. The smallest absolute Gasteiger partial charge is 0.415 e. The van der Waals surface area contributed by atoms with Gasteiger partial charge >= 0.3 is 6.18 Å². The minimum absolute atomic E-state index is 0.0354. The van der Waals surface area contributed by atoms with E-state index in [1.807, 2.05) is 36.7 Å². The largest absolute Gasteiger partial charge is 0.490 e. The third-order valence-corrected chi connectivity index (χ3v) is 5.73. The number of fused-ring (bicyclic) bond motifs is 1. The van der Waals surface area contributed by atoms with Crippen LogP contribution in [0.25, 0.3) is 11.0 Å². The second-order valence-corrected chi connectivity index (χ2v) is 8.31. The Kier molecular flexibility index (Phi) is 6.29. The van der Waals surface area contributed by atoms with Crippen LogP contribution in [0.3, 0.4) is 0 Å². The average molecular weight is 452 g/mol. The molecule has 0 radical (unpaired) electrons. The van der Waals surface area contributed by atoms with Crippen LogP contribution in [-0.2, 0) is 7.05 Å². The van der Waals surface area contributed by atoms with Gasteiger partial charge in [-0.25, -0.2) is 4.98 Å². The summed E-state index contributed by atoms with van der Waals surface area (Å²) in [6.45, 7) is 1.43. The molecule has 1 aliphatic rings. The molecule has 1 saturated carbocycles. The summed E-state index contributed by atoms with van der Waals surface area (Å²) in [5.74, 6) is 1.37. The number of nitrogens with one attached hydrogen (secondary N) is 3. The summed E-state index contributed by atoms with van der Waals surface area (Å²) in [6, 6.07) is 5.66. The molecule has 1 fully saturated rings. The second-order valence-electron chi connectivity index (χ2n) is 8.31. The number of rotatable bonds is 7. The zero-order chi connectivity index (χ0) is 22.9. The van der Waals surface area contributed by atoms with Gasteiger partial charge in [0.05, 0.1) is 23.6 Å². The van der Waals surface area contributed by atoms with Crippen molar-refractivity contribution < 1.29 is 23.0 Å². The lowest BCUT2D eigenvalue weighted by Crippen LogP contribution is -2.44. The van der Waals surface area contributed by atoms with E-state index in [1.165, 1.54) is 0 Å². The minimum atomic E-state index is -4.60. The number of aromatic nitrogens is 4. The maximum atomic E-state index is 12.5. The fourth-order valence-corrected chi connectivity index (χ4v) is 3.96. The van der Waals surface area contributed by atoms with Crippen LogP contribution < -0.4 is 15.4 Å². The highest BCUT2D eigenvalue weighted by Gasteiger charge is 2.38. The number of halogens is 3. The summed E-state index contributed by atoms with van der Waals surface area (Å²) in [7, 11) is 1.91. The van der Waals surface area contributed by atoms with Crippen molar-refractivity contribution >= 4 is 22.5 Å². The van der Waals surface area contributed by atoms with Crippen LogP contribution in [0.15, 0.2) is 24.5 Å². The fourth-order valence-electron chi connectivity index (χ4n) is 3.96. The number of hydrogen-bond acceptors (Lipinski definition) is 6. The number of anilines is 2. The quantitative estimate of drug-likeness (QED) is 0.438. The molecule has 1 aromatic carbocycles. The summed E-state index contributed by atoms with van der Waals surface area (Å²) in [5.41, 5.74) is 3.43. The number of hydrogen-bond donors (Lipinski definition) is 4. The minimum Gasteiger partial charge on any atom is -0.490 e. The van der Waals surface area contributed by atoms with Crippen LogP contribution in [0.5, 0.6) is 5.75 Å². The number of imidazole rings is 1. The molecule has 0 unspecified atom stereocenters. The van der Waals surface area contributed by atoms with Crippen molar-refractivity contribution in [2.24, 2.45) is 7.05 Å². The highest BCUT2D eigenvalue weighted by Crippen LogP contribution is 2.32. The van der Waals surface area contributed by atoms with Crippen molar-refractivity contribution in [3.63, 3.8) is 0 Å². The number of aliphatic hydroxyl groups is 1. The van der Waals surface area contributed by atoms with Gasteiger partial charge in [0.2, 0.25) is 0 Å². The average Bonchev–Trinajstić information content (AvgIpc) is 3.32. The SMILES string of the molecule is Cc1cc(Nc2cc(OC3CCC(NC[C@@H](O)C(F)(F)F)CC3)cc3c2ncn3C)n[nH]1. The molecule has 8 nitrogen and oxygen atoms in total. The molecule has 0 amide bonds. The molecule has 1 atom stereocenters. The molecule has 4 N–H and O–H groups in total. The van der Waals surface area contributed by atoms with Crippen LogP contribution in [0.2, 0.25) is 0 Å². The predicted octanol–water partition coefficient (Wildman–Crippen LogP) is 3.55. The lowest BCUT2D eigenvalue weighted by Gasteiger charge is -2.30. The molecular weight excluding hydrogens is 425 g/mol. The Morgan fingerprint density at radius 3 is 2.66 bits per heavy atom. The Balaban J connectivity index is 1.40. The van der Waals surface area contributed by atoms with Gasteiger partial charge in [0, 0.05) is 43.5 Å². The van der Waals surface area contributed by atoms with E-state index >= 15 is 0 Å². The van der Waals surface area contributed by atoms with Gasteiger partial charge in [-0.2, -0.15) is 18.3 Å². The van der Waals surface area contributed by atoms with E-state index in [0.717, 1.165) is 22.4 Å². The van der Waals surface area contributed by atoms with E-state index in [-0.39, 0.29) is 12.1 Å². The van der Waals surface area contributed by atoms with Gasteiger partial charge in [-0.05, 0) is 32.6 Å². The first-order valence-electron chi connectivity index (χ1n) is 10.6. The summed E-state index contributed by atoms with van der Waals surface area (Å²) in [6.07, 6.45) is -2.45. The number of benzene rings is 1. The van der Waals surface area contributed by atoms with Crippen molar-refractivity contribution in [1.29, 1.82) is 0 Å². The normalized spacial score (nSPS) is 20.4. The fraction of sp³-hybridized carbons (Fsp3) is 0.524. The molecule has 32 heavy (non-hydrogen) atoms. The molecule has 174 valence electrons. The van der Waals surface area contributed by atoms with Crippen LogP contribution in [0.1, 0.15) is 31.4 Å². The predicted molar refractivity (Wildman–Crippen MR) is 114 cm³/mol. The number of nitrogens with zero attached hydrogens (tertiary/aromatic N) is 3. The lowest BCUT2D eigenvalue weighted by molar-refractivity contribution is -0.202. The van der Waals surface area contributed by atoms with Crippen molar-refractivity contribution in [1.82, 2.24) is 25.1 Å². The van der Waals surface area contributed by atoms with Gasteiger partial charge in [0.25, 0.3) is 0 Å². The Bertz CT molecular complexity index is 1060. The maximum Gasteiger partial charge on any atom is 0.415 e. The van der Waals surface area contributed by atoms with Crippen molar-refractivity contribution in [3.05, 3.63) is 30.2 Å². The standard InChI is InChI=1S/C21H27F3N6O2/c1-12-7-19(29-28-12)27-16-8-15(9-17-20(16)26-11-30(17)2)32-14-5-3-13(4-6-14)25-10-18(31)21(22,23)24/h7-9,11,13-14,18,25,31H,3-6,10H2,1-2H3,(H2,27,28,29)/t13?,14?,18-/m1/s1. The Labute approximate surface area is 183 Å². The Morgan fingerprint density at radius 1 is 1.25 bits per heavy atom. The summed E-state index contributed by atoms with van der Waals surface area (Å²) < 4.78 is 45.6. The zero-order valence-electron chi connectivity index (χ0n) is 17.9. The van der Waals surface area contributed by atoms with E-state index in [9.17, 15) is 13.2 Å².